The van der Waals surface area contributed by atoms with E-state index in [1.165, 1.54) is 0 Å². The summed E-state index contributed by atoms with van der Waals surface area (Å²) in [5.41, 5.74) is 13.5. The molecule has 1 aliphatic rings. The van der Waals surface area contributed by atoms with Crippen LogP contribution in [-0.4, -0.2) is 22.7 Å². The third-order valence-electron chi connectivity index (χ3n) is 2.59. The maximum atomic E-state index is 11.3. The van der Waals surface area contributed by atoms with Gasteiger partial charge in [0, 0.05) is 11.4 Å². The number of rotatable bonds is 3. The molecule has 0 saturated heterocycles. The van der Waals surface area contributed by atoms with E-state index in [0.717, 1.165) is 22.6 Å². The predicted octanol–water partition coefficient (Wildman–Crippen LogP) is 1.64. The van der Waals surface area contributed by atoms with E-state index >= 15 is 0 Å². The van der Waals surface area contributed by atoms with E-state index in [0.29, 0.717) is 0 Å². The first-order valence-corrected chi connectivity index (χ1v) is 6.61. The fourth-order valence-electron chi connectivity index (χ4n) is 1.81. The van der Waals surface area contributed by atoms with Crippen LogP contribution in [0.25, 0.3) is 5.57 Å². The molecule has 6 nitrogen and oxygen atoms in total. The van der Waals surface area contributed by atoms with Crippen molar-refractivity contribution in [2.24, 2.45) is 11.5 Å². The molecule has 0 radical (unpaired) electrons. The SMILES string of the molecule is CC1=CSCC(c2cc(C(N)=O)c(NC(N)=O)[nH]2)=C1. The van der Waals surface area contributed by atoms with Crippen LogP contribution in [0.4, 0.5) is 10.6 Å². The number of aromatic nitrogens is 1. The first-order chi connectivity index (χ1) is 8.97. The fourth-order valence-corrected chi connectivity index (χ4v) is 2.65. The van der Waals surface area contributed by atoms with E-state index in [1.807, 2.05) is 13.0 Å². The molecule has 6 N–H and O–H groups in total. The normalized spacial score (nSPS) is 14.6. The molecule has 19 heavy (non-hydrogen) atoms. The number of anilines is 1. The smallest absolute Gasteiger partial charge is 0.317 e. The lowest BCUT2D eigenvalue weighted by atomic mass is 10.1. The van der Waals surface area contributed by atoms with E-state index in [4.69, 9.17) is 11.5 Å². The number of amides is 3. The van der Waals surface area contributed by atoms with Crippen LogP contribution in [0.3, 0.4) is 0 Å². The number of primary amides is 2. The molecule has 1 aromatic heterocycles. The highest BCUT2D eigenvalue weighted by Gasteiger charge is 2.17. The molecule has 2 rings (SSSR count). The van der Waals surface area contributed by atoms with E-state index in [-0.39, 0.29) is 11.4 Å². The second-order valence-electron chi connectivity index (χ2n) is 4.17. The lowest BCUT2D eigenvalue weighted by Gasteiger charge is -2.09. The van der Waals surface area contributed by atoms with Crippen LogP contribution < -0.4 is 16.8 Å². The van der Waals surface area contributed by atoms with Gasteiger partial charge in [-0.3, -0.25) is 10.1 Å². The lowest BCUT2D eigenvalue weighted by Crippen LogP contribution is -2.22. The maximum absolute atomic E-state index is 11.3. The second-order valence-corrected chi connectivity index (χ2v) is 5.03. The predicted molar refractivity (Wildman–Crippen MR) is 76.7 cm³/mol. The molecule has 0 bridgehead atoms. The van der Waals surface area contributed by atoms with Crippen LogP contribution in [0.5, 0.6) is 0 Å². The zero-order chi connectivity index (χ0) is 14.0. The Morgan fingerprint density at radius 2 is 2.16 bits per heavy atom. The van der Waals surface area contributed by atoms with Crippen molar-refractivity contribution in [3.05, 3.63) is 34.4 Å². The Balaban J connectivity index is 2.40. The second kappa shape index (κ2) is 5.23. The van der Waals surface area contributed by atoms with Gasteiger partial charge in [-0.05, 0) is 29.5 Å². The van der Waals surface area contributed by atoms with Gasteiger partial charge >= 0.3 is 6.03 Å². The van der Waals surface area contributed by atoms with Crippen molar-refractivity contribution < 1.29 is 9.59 Å². The Kier molecular flexibility index (Phi) is 3.66. The molecule has 0 unspecified atom stereocenters. The molecule has 0 aromatic carbocycles. The Labute approximate surface area is 114 Å². The molecule has 0 spiro atoms. The fraction of sp³-hybridized carbons (Fsp3) is 0.167. The van der Waals surface area contributed by atoms with Gasteiger partial charge in [0.2, 0.25) is 0 Å². The zero-order valence-corrected chi connectivity index (χ0v) is 11.1. The maximum Gasteiger partial charge on any atom is 0.317 e. The first kappa shape index (κ1) is 13.3. The van der Waals surface area contributed by atoms with Gasteiger partial charge in [0.25, 0.3) is 5.91 Å². The summed E-state index contributed by atoms with van der Waals surface area (Å²) in [4.78, 5) is 25.2. The average molecular weight is 278 g/mol. The van der Waals surface area contributed by atoms with Gasteiger partial charge in [-0.15, -0.1) is 11.8 Å². The number of H-pyrrole nitrogens is 1. The minimum atomic E-state index is -0.751. The summed E-state index contributed by atoms with van der Waals surface area (Å²) in [5, 5.41) is 4.42. The van der Waals surface area contributed by atoms with Crippen LogP contribution in [0.15, 0.2) is 23.1 Å². The molecular formula is C12H14N4O2S. The number of hydrogen-bond acceptors (Lipinski definition) is 3. The topological polar surface area (TPSA) is 114 Å². The number of nitrogens with one attached hydrogen (secondary N) is 2. The minimum Gasteiger partial charge on any atom is -0.365 e. The highest BCUT2D eigenvalue weighted by Crippen LogP contribution is 2.29. The van der Waals surface area contributed by atoms with Crippen molar-refractivity contribution in [1.29, 1.82) is 0 Å². The number of thioether (sulfide) groups is 1. The van der Waals surface area contributed by atoms with E-state index in [2.05, 4.69) is 15.7 Å². The standard InChI is InChI=1S/C12H14N4O2S/c1-6-2-7(5-19-4-6)9-3-8(10(13)17)11(15-9)16-12(14)18/h2-4,15H,5H2,1H3,(H2,13,17)(H3,14,16,18). The highest BCUT2D eigenvalue weighted by atomic mass is 32.2. The van der Waals surface area contributed by atoms with Crippen molar-refractivity contribution in [3.8, 4) is 0 Å². The number of nitrogens with two attached hydrogens (primary N) is 2. The van der Waals surface area contributed by atoms with Crippen molar-refractivity contribution in [2.45, 2.75) is 6.92 Å². The minimum absolute atomic E-state index is 0.215. The van der Waals surface area contributed by atoms with Crippen molar-refractivity contribution in [3.63, 3.8) is 0 Å². The van der Waals surface area contributed by atoms with Gasteiger partial charge in [-0.25, -0.2) is 4.79 Å². The number of allylic oxidation sites excluding steroid dienone is 2. The molecule has 0 aliphatic carbocycles. The molecule has 0 saturated carbocycles. The molecule has 1 aliphatic heterocycles. The Morgan fingerprint density at radius 1 is 1.42 bits per heavy atom. The van der Waals surface area contributed by atoms with Crippen LogP contribution in [0, 0.1) is 0 Å². The first-order valence-electron chi connectivity index (χ1n) is 5.56. The summed E-state index contributed by atoms with van der Waals surface area (Å²) in [5.74, 6) is 0.391. The van der Waals surface area contributed by atoms with Gasteiger partial charge in [-0.2, -0.15) is 0 Å². The molecule has 0 atom stereocenters. The molecule has 2 heterocycles. The van der Waals surface area contributed by atoms with E-state index in [9.17, 15) is 9.59 Å². The summed E-state index contributed by atoms with van der Waals surface area (Å²) in [6.07, 6.45) is 2.02. The Bertz CT molecular complexity index is 601. The van der Waals surface area contributed by atoms with Crippen LogP contribution in [-0.2, 0) is 0 Å². The number of carbonyl (C=O) groups excluding carboxylic acids is 2. The van der Waals surface area contributed by atoms with E-state index < -0.39 is 11.9 Å². The lowest BCUT2D eigenvalue weighted by molar-refractivity contribution is 0.100. The largest absolute Gasteiger partial charge is 0.365 e. The molecule has 3 amide bonds. The van der Waals surface area contributed by atoms with Crippen LogP contribution in [0.1, 0.15) is 23.0 Å². The number of urea groups is 1. The number of aromatic amines is 1. The third kappa shape index (κ3) is 3.00. The average Bonchev–Trinajstić information content (AvgIpc) is 2.72. The zero-order valence-electron chi connectivity index (χ0n) is 10.3. The summed E-state index contributed by atoms with van der Waals surface area (Å²) in [6, 6.07) is 0.873. The molecule has 0 fully saturated rings. The summed E-state index contributed by atoms with van der Waals surface area (Å²) in [6.45, 7) is 1.99. The summed E-state index contributed by atoms with van der Waals surface area (Å²) in [7, 11) is 0. The Hall–Kier alpha value is -2.15. The third-order valence-corrected chi connectivity index (χ3v) is 3.60. The van der Waals surface area contributed by atoms with Crippen molar-refractivity contribution >= 4 is 35.1 Å². The van der Waals surface area contributed by atoms with Gasteiger partial charge in [-0.1, -0.05) is 6.08 Å². The highest BCUT2D eigenvalue weighted by molar-refractivity contribution is 8.02. The van der Waals surface area contributed by atoms with Gasteiger partial charge < -0.3 is 16.5 Å². The van der Waals surface area contributed by atoms with Gasteiger partial charge in [0.1, 0.15) is 5.82 Å². The van der Waals surface area contributed by atoms with Crippen molar-refractivity contribution in [1.82, 2.24) is 4.98 Å². The van der Waals surface area contributed by atoms with E-state index in [1.54, 1.807) is 17.8 Å². The molecule has 7 heteroatoms. The molecular weight excluding hydrogens is 264 g/mol. The quantitative estimate of drug-likeness (QED) is 0.673. The van der Waals surface area contributed by atoms with Crippen molar-refractivity contribution in [2.75, 3.05) is 11.1 Å². The monoisotopic (exact) mass is 278 g/mol. The summed E-state index contributed by atoms with van der Waals surface area (Å²) < 4.78 is 0. The van der Waals surface area contributed by atoms with Gasteiger partial charge in [0.15, 0.2) is 0 Å². The number of hydrogen-bond donors (Lipinski definition) is 4. The van der Waals surface area contributed by atoms with Gasteiger partial charge in [0.05, 0.1) is 5.56 Å². The van der Waals surface area contributed by atoms with Crippen LogP contribution in [0.2, 0.25) is 0 Å². The Morgan fingerprint density at radius 3 is 2.74 bits per heavy atom. The molecule has 100 valence electrons. The van der Waals surface area contributed by atoms with Crippen LogP contribution >= 0.6 is 11.8 Å². The molecule has 1 aromatic rings. The number of carbonyl (C=O) groups is 2. The summed E-state index contributed by atoms with van der Waals surface area (Å²) >= 11 is 1.66.